The van der Waals surface area contributed by atoms with E-state index in [1.165, 1.54) is 32.2 Å². The molecule has 16 nitrogen and oxygen atoms in total. The van der Waals surface area contributed by atoms with Gasteiger partial charge in [-0.1, -0.05) is 13.2 Å². The molecule has 1 atom stereocenters. The van der Waals surface area contributed by atoms with E-state index in [-0.39, 0.29) is 53.6 Å². The molecule has 0 aromatic heterocycles. The summed E-state index contributed by atoms with van der Waals surface area (Å²) in [6, 6.07) is 4.69. The Hall–Kier alpha value is -4.74. The van der Waals surface area contributed by atoms with Gasteiger partial charge in [-0.25, -0.2) is 4.79 Å². The zero-order chi connectivity index (χ0) is 31.4. The van der Waals surface area contributed by atoms with Crippen LogP contribution < -0.4 is 15.0 Å². The number of nitrogens with one attached hydrogen (secondary N) is 1. The molecule has 0 aliphatic rings. The molecule has 2 rings (SSSR count). The molecular weight excluding hydrogens is 624 g/mol. The highest BCUT2D eigenvalue weighted by molar-refractivity contribution is 9.10. The third kappa shape index (κ3) is 9.43. The number of methoxy groups -OCH3 is 1. The molecular formula is C25H27BrN6O10. The number of non-ortho nitro benzene ring substituents is 1. The van der Waals surface area contributed by atoms with Crippen LogP contribution >= 0.6 is 15.9 Å². The van der Waals surface area contributed by atoms with Gasteiger partial charge in [-0.3, -0.25) is 25.0 Å². The first kappa shape index (κ1) is 33.5. The van der Waals surface area contributed by atoms with Crippen LogP contribution in [0.2, 0.25) is 0 Å². The van der Waals surface area contributed by atoms with Crippen molar-refractivity contribution >= 4 is 61.9 Å². The number of anilines is 2. The van der Waals surface area contributed by atoms with E-state index in [9.17, 15) is 34.9 Å². The number of azo groups is 1. The largest absolute Gasteiger partial charge is 0.494 e. The van der Waals surface area contributed by atoms with Gasteiger partial charge < -0.3 is 29.5 Å². The summed E-state index contributed by atoms with van der Waals surface area (Å²) in [4.78, 5) is 46.4. The Labute approximate surface area is 247 Å². The first-order chi connectivity index (χ1) is 19.9. The van der Waals surface area contributed by atoms with Crippen LogP contribution in [0.3, 0.4) is 0 Å². The van der Waals surface area contributed by atoms with E-state index in [2.05, 4.69) is 44.6 Å². The van der Waals surface area contributed by atoms with Gasteiger partial charge in [0.15, 0.2) is 12.0 Å². The molecule has 0 saturated carbocycles. The lowest BCUT2D eigenvalue weighted by atomic mass is 10.2. The highest BCUT2D eigenvalue weighted by Gasteiger charge is 2.24. The molecule has 1 amide bonds. The predicted molar refractivity (Wildman–Crippen MR) is 154 cm³/mol. The maximum absolute atomic E-state index is 12.0. The topological polar surface area (TPSA) is 208 Å². The number of aliphatic hydroxyl groups excluding tert-OH is 1. The second-order valence-electron chi connectivity index (χ2n) is 8.09. The van der Waals surface area contributed by atoms with Crippen molar-refractivity contribution in [3.63, 3.8) is 0 Å². The number of nitro benzene ring substituents is 2. The van der Waals surface area contributed by atoms with Crippen molar-refractivity contribution in [2.24, 2.45) is 10.2 Å². The SMILES string of the molecule is C=CC(=O)OCCN(CCOC(O)C=C)c1cc(NC(C)=O)c(N=Nc2c(Br)cc([N+](=O)[O-])cc2[N+](=O)[O-])cc1OC. The summed E-state index contributed by atoms with van der Waals surface area (Å²) in [6.07, 6.45) is 0.989. The Morgan fingerprint density at radius 3 is 2.40 bits per heavy atom. The molecule has 0 aliphatic heterocycles. The molecule has 0 bridgehead atoms. The van der Waals surface area contributed by atoms with Crippen molar-refractivity contribution < 1.29 is 38.8 Å². The fraction of sp³-hybridized carbons (Fsp3) is 0.280. The lowest BCUT2D eigenvalue weighted by Gasteiger charge is -2.27. The van der Waals surface area contributed by atoms with Gasteiger partial charge in [-0.15, -0.1) is 10.2 Å². The molecule has 0 radical (unpaired) electrons. The zero-order valence-electron chi connectivity index (χ0n) is 22.5. The molecule has 224 valence electrons. The smallest absolute Gasteiger partial charge is 0.330 e. The molecule has 1 unspecified atom stereocenters. The van der Waals surface area contributed by atoms with E-state index in [4.69, 9.17) is 14.2 Å². The monoisotopic (exact) mass is 650 g/mol. The number of benzene rings is 2. The quantitative estimate of drug-likeness (QED) is 0.0483. The van der Waals surface area contributed by atoms with Crippen LogP contribution in [0.4, 0.5) is 34.1 Å². The fourth-order valence-electron chi connectivity index (χ4n) is 3.38. The Kier molecular flexibility index (Phi) is 12.7. The van der Waals surface area contributed by atoms with Crippen LogP contribution in [-0.4, -0.2) is 66.5 Å². The number of rotatable bonds is 16. The minimum Gasteiger partial charge on any atom is -0.494 e. The van der Waals surface area contributed by atoms with E-state index in [1.54, 1.807) is 4.90 Å². The van der Waals surface area contributed by atoms with Crippen molar-refractivity contribution in [3.8, 4) is 5.75 Å². The summed E-state index contributed by atoms with van der Waals surface area (Å²) in [5, 5.41) is 43.0. The Bertz CT molecular complexity index is 1400. The molecule has 17 heteroatoms. The Morgan fingerprint density at radius 1 is 1.14 bits per heavy atom. The van der Waals surface area contributed by atoms with Gasteiger partial charge in [-0.2, -0.15) is 0 Å². The number of aliphatic hydroxyl groups is 1. The molecule has 0 fully saturated rings. The molecule has 0 saturated heterocycles. The van der Waals surface area contributed by atoms with E-state index in [0.717, 1.165) is 18.2 Å². The number of nitro groups is 2. The van der Waals surface area contributed by atoms with Gasteiger partial charge >= 0.3 is 11.7 Å². The van der Waals surface area contributed by atoms with E-state index >= 15 is 0 Å². The van der Waals surface area contributed by atoms with Gasteiger partial charge in [-0.05, 0) is 28.1 Å². The highest BCUT2D eigenvalue weighted by Crippen LogP contribution is 2.43. The van der Waals surface area contributed by atoms with E-state index in [0.29, 0.717) is 5.69 Å². The maximum Gasteiger partial charge on any atom is 0.330 e. The summed E-state index contributed by atoms with van der Waals surface area (Å²) in [6.45, 7) is 8.28. The number of carbonyl (C=O) groups excluding carboxylic acids is 2. The number of nitrogens with zero attached hydrogens (tertiary/aromatic N) is 5. The van der Waals surface area contributed by atoms with Crippen molar-refractivity contribution in [2.75, 3.05) is 43.6 Å². The van der Waals surface area contributed by atoms with Crippen LogP contribution in [0.1, 0.15) is 6.92 Å². The molecule has 42 heavy (non-hydrogen) atoms. The predicted octanol–water partition coefficient (Wildman–Crippen LogP) is 4.70. The van der Waals surface area contributed by atoms with Gasteiger partial charge in [0.25, 0.3) is 5.69 Å². The average molecular weight is 651 g/mol. The van der Waals surface area contributed by atoms with Gasteiger partial charge in [0.1, 0.15) is 18.0 Å². The number of carbonyl (C=O) groups is 2. The van der Waals surface area contributed by atoms with Crippen LogP contribution in [0.5, 0.6) is 5.75 Å². The van der Waals surface area contributed by atoms with Crippen molar-refractivity contribution in [1.29, 1.82) is 0 Å². The molecule has 0 spiro atoms. The van der Waals surface area contributed by atoms with Gasteiger partial charge in [0, 0.05) is 31.7 Å². The lowest BCUT2D eigenvalue weighted by Crippen LogP contribution is -2.32. The number of ether oxygens (including phenoxy) is 3. The van der Waals surface area contributed by atoms with E-state index < -0.39 is 39.4 Å². The van der Waals surface area contributed by atoms with Gasteiger partial charge in [0.2, 0.25) is 5.91 Å². The Balaban J connectivity index is 2.60. The number of amides is 1. The standard InChI is InChI=1S/C25H27BrN6O10/c1-5-23(34)41-9-7-30(8-10-42-24(35)6-2)20-13-18(27-15(3)33)19(14-22(20)40-4)28-29-25-17(26)11-16(31(36)37)12-21(25)32(38)39/h5-6,11-14,23,34H,1-2,7-10H2,3-4H3,(H,27,33). The van der Waals surface area contributed by atoms with Crippen LogP contribution in [0.25, 0.3) is 0 Å². The normalized spacial score (nSPS) is 11.4. The summed E-state index contributed by atoms with van der Waals surface area (Å²) in [7, 11) is 1.36. The molecule has 0 aliphatic carbocycles. The van der Waals surface area contributed by atoms with Gasteiger partial charge in [0.05, 0.1) is 52.0 Å². The van der Waals surface area contributed by atoms with E-state index in [1.807, 2.05) is 0 Å². The second-order valence-corrected chi connectivity index (χ2v) is 8.94. The fourth-order valence-corrected chi connectivity index (χ4v) is 3.90. The van der Waals surface area contributed by atoms with Crippen LogP contribution in [-0.2, 0) is 19.1 Å². The van der Waals surface area contributed by atoms with Crippen molar-refractivity contribution in [1.82, 2.24) is 0 Å². The first-order valence-electron chi connectivity index (χ1n) is 11.9. The van der Waals surface area contributed by atoms with Crippen LogP contribution in [0.15, 0.2) is 64.3 Å². The molecule has 2 aromatic rings. The van der Waals surface area contributed by atoms with Crippen LogP contribution in [0, 0.1) is 20.2 Å². The summed E-state index contributed by atoms with van der Waals surface area (Å²) in [5.41, 5.74) is -0.947. The highest BCUT2D eigenvalue weighted by atomic mass is 79.9. The average Bonchev–Trinajstić information content (AvgIpc) is 2.94. The second kappa shape index (κ2) is 15.9. The number of hydrogen-bond donors (Lipinski definition) is 2. The summed E-state index contributed by atoms with van der Waals surface area (Å²) in [5.74, 6) is -0.898. The minimum absolute atomic E-state index is 0.0144. The molecule has 2 aromatic carbocycles. The number of hydrogen-bond acceptors (Lipinski definition) is 13. The lowest BCUT2D eigenvalue weighted by molar-refractivity contribution is -0.393. The summed E-state index contributed by atoms with van der Waals surface area (Å²) < 4.78 is 15.8. The number of esters is 1. The third-order valence-corrected chi connectivity index (χ3v) is 5.87. The summed E-state index contributed by atoms with van der Waals surface area (Å²) >= 11 is 3.06. The zero-order valence-corrected chi connectivity index (χ0v) is 24.1. The first-order valence-corrected chi connectivity index (χ1v) is 12.7. The van der Waals surface area contributed by atoms with Crippen molar-refractivity contribution in [2.45, 2.75) is 13.2 Å². The minimum atomic E-state index is -1.21. The Morgan fingerprint density at radius 2 is 1.83 bits per heavy atom. The third-order valence-electron chi connectivity index (χ3n) is 5.27. The molecule has 0 heterocycles. The number of halogens is 1. The maximum atomic E-state index is 12.0. The van der Waals surface area contributed by atoms with Crippen molar-refractivity contribution in [3.05, 3.63) is 74.3 Å². The molecule has 2 N–H and O–H groups in total.